The lowest BCUT2D eigenvalue weighted by molar-refractivity contribution is -0.135. The highest BCUT2D eigenvalue weighted by molar-refractivity contribution is 6.45. The first-order valence-electron chi connectivity index (χ1n) is 5.57. The van der Waals surface area contributed by atoms with Crippen LogP contribution in [0.15, 0.2) is 48.1 Å². The largest absolute Gasteiger partial charge is 0.290 e. The number of allylic oxidation sites excluding steroid dienone is 8. The first-order chi connectivity index (χ1) is 7.79. The lowest BCUT2D eigenvalue weighted by Crippen LogP contribution is -2.24. The molecule has 16 heavy (non-hydrogen) atoms. The zero-order chi connectivity index (χ0) is 11.4. The highest BCUT2D eigenvalue weighted by Crippen LogP contribution is 2.17. The van der Waals surface area contributed by atoms with Crippen molar-refractivity contribution in [1.82, 2.24) is 0 Å². The van der Waals surface area contributed by atoms with E-state index in [0.29, 0.717) is 12.0 Å². The summed E-state index contributed by atoms with van der Waals surface area (Å²) in [6.45, 7) is 0. The minimum atomic E-state index is -0.346. The summed E-state index contributed by atoms with van der Waals surface area (Å²) in [6, 6.07) is 0. The van der Waals surface area contributed by atoms with Gasteiger partial charge in [0.05, 0.1) is 0 Å². The first kappa shape index (κ1) is 10.8. The Balaban J connectivity index is 2.07. The van der Waals surface area contributed by atoms with Gasteiger partial charge in [-0.2, -0.15) is 0 Å². The van der Waals surface area contributed by atoms with Crippen LogP contribution in [0.5, 0.6) is 0 Å². The van der Waals surface area contributed by atoms with Crippen LogP contribution in [0.25, 0.3) is 0 Å². The van der Waals surface area contributed by atoms with Crippen molar-refractivity contribution in [3.8, 4) is 0 Å². The van der Waals surface area contributed by atoms with E-state index in [0.717, 1.165) is 12.8 Å². The minimum Gasteiger partial charge on any atom is -0.290 e. The Morgan fingerprint density at radius 3 is 2.62 bits per heavy atom. The third-order valence-corrected chi connectivity index (χ3v) is 2.80. The molecule has 0 spiro atoms. The van der Waals surface area contributed by atoms with Gasteiger partial charge in [0.1, 0.15) is 0 Å². The lowest BCUT2D eigenvalue weighted by Gasteiger charge is -2.12. The van der Waals surface area contributed by atoms with Crippen molar-refractivity contribution in [3.63, 3.8) is 0 Å². The van der Waals surface area contributed by atoms with Gasteiger partial charge in [-0.05, 0) is 19.3 Å². The fourth-order valence-electron chi connectivity index (χ4n) is 1.87. The van der Waals surface area contributed by atoms with E-state index in [9.17, 15) is 9.59 Å². The molecule has 1 atom stereocenters. The van der Waals surface area contributed by atoms with Crippen LogP contribution in [0.3, 0.4) is 0 Å². The predicted octanol–water partition coefficient (Wildman–Crippen LogP) is 2.53. The SMILES string of the molecule is O=C(C(=O)[C@H]1C=CC=CC1)C1=CCCC=C1. The Labute approximate surface area is 95.0 Å². The normalized spacial score (nSPS) is 23.0. The fraction of sp³-hybridized carbons (Fsp3) is 0.286. The van der Waals surface area contributed by atoms with E-state index in [-0.39, 0.29) is 17.5 Å². The molecular formula is C14H14O2. The van der Waals surface area contributed by atoms with Gasteiger partial charge in [0.2, 0.25) is 11.6 Å². The molecule has 82 valence electrons. The predicted molar refractivity (Wildman–Crippen MR) is 62.9 cm³/mol. The summed E-state index contributed by atoms with van der Waals surface area (Å²) in [6.07, 6.45) is 15.4. The Morgan fingerprint density at radius 1 is 1.12 bits per heavy atom. The zero-order valence-corrected chi connectivity index (χ0v) is 9.06. The van der Waals surface area contributed by atoms with E-state index in [2.05, 4.69) is 0 Å². The van der Waals surface area contributed by atoms with Crippen molar-refractivity contribution in [2.24, 2.45) is 5.92 Å². The van der Waals surface area contributed by atoms with Crippen molar-refractivity contribution < 1.29 is 9.59 Å². The van der Waals surface area contributed by atoms with Crippen LogP contribution < -0.4 is 0 Å². The molecular weight excluding hydrogens is 200 g/mol. The molecule has 2 aliphatic carbocycles. The van der Waals surface area contributed by atoms with Crippen LogP contribution in [0.1, 0.15) is 19.3 Å². The van der Waals surface area contributed by atoms with Crippen LogP contribution in [0.4, 0.5) is 0 Å². The Bertz CT molecular complexity index is 422. The van der Waals surface area contributed by atoms with Gasteiger partial charge in [-0.1, -0.05) is 42.5 Å². The third kappa shape index (κ3) is 2.27. The second-order valence-electron chi connectivity index (χ2n) is 3.99. The molecule has 0 fully saturated rings. The highest BCUT2D eigenvalue weighted by Gasteiger charge is 2.24. The molecule has 0 heterocycles. The molecule has 2 aliphatic rings. The van der Waals surface area contributed by atoms with Crippen LogP contribution in [0, 0.1) is 5.92 Å². The summed E-state index contributed by atoms with van der Waals surface area (Å²) < 4.78 is 0. The topological polar surface area (TPSA) is 34.1 Å². The molecule has 0 radical (unpaired) electrons. The number of hydrogen-bond donors (Lipinski definition) is 0. The van der Waals surface area contributed by atoms with Crippen molar-refractivity contribution in [1.29, 1.82) is 0 Å². The molecule has 0 unspecified atom stereocenters. The quantitative estimate of drug-likeness (QED) is 0.676. The molecule has 0 aromatic carbocycles. The molecule has 2 nitrogen and oxygen atoms in total. The molecule has 0 saturated carbocycles. The summed E-state index contributed by atoms with van der Waals surface area (Å²) >= 11 is 0. The minimum absolute atomic E-state index is 0.270. The Kier molecular flexibility index (Phi) is 3.30. The van der Waals surface area contributed by atoms with Crippen LogP contribution in [-0.2, 0) is 9.59 Å². The molecule has 0 saturated heterocycles. The van der Waals surface area contributed by atoms with Crippen molar-refractivity contribution >= 4 is 11.6 Å². The van der Waals surface area contributed by atoms with Gasteiger partial charge in [-0.25, -0.2) is 0 Å². The number of carbonyl (C=O) groups is 2. The number of rotatable bonds is 3. The molecule has 0 aromatic heterocycles. The third-order valence-electron chi connectivity index (χ3n) is 2.80. The van der Waals surface area contributed by atoms with E-state index in [1.54, 1.807) is 12.2 Å². The summed E-state index contributed by atoms with van der Waals surface area (Å²) in [5.74, 6) is -0.909. The maximum atomic E-state index is 11.9. The monoisotopic (exact) mass is 214 g/mol. The molecule has 0 bridgehead atoms. The van der Waals surface area contributed by atoms with Gasteiger partial charge in [0, 0.05) is 11.5 Å². The summed E-state index contributed by atoms with van der Waals surface area (Å²) in [5, 5.41) is 0. The average molecular weight is 214 g/mol. The Morgan fingerprint density at radius 2 is 2.00 bits per heavy atom. The number of Topliss-reactive ketones (excluding diaryl/α,β-unsaturated/α-hetero) is 2. The summed E-state index contributed by atoms with van der Waals surface area (Å²) in [7, 11) is 0. The maximum absolute atomic E-state index is 11.9. The van der Waals surface area contributed by atoms with Crippen LogP contribution in [-0.4, -0.2) is 11.6 Å². The van der Waals surface area contributed by atoms with Gasteiger partial charge < -0.3 is 0 Å². The van der Waals surface area contributed by atoms with E-state index < -0.39 is 0 Å². The maximum Gasteiger partial charge on any atom is 0.228 e. The van der Waals surface area contributed by atoms with Gasteiger partial charge >= 0.3 is 0 Å². The molecule has 0 N–H and O–H groups in total. The fourth-order valence-corrected chi connectivity index (χ4v) is 1.87. The standard InChI is InChI=1S/C14H14O2/c15-13(11-7-3-1-4-8-11)14(16)12-9-5-2-6-10-12/h1,3-5,7,9-11H,2,6,8H2/t11-/m0/s1. The van der Waals surface area contributed by atoms with Crippen molar-refractivity contribution in [2.45, 2.75) is 19.3 Å². The molecule has 0 aromatic rings. The number of carbonyl (C=O) groups excluding carboxylic acids is 2. The number of ketones is 2. The molecule has 0 amide bonds. The average Bonchev–Trinajstić information content (AvgIpc) is 2.39. The van der Waals surface area contributed by atoms with Crippen molar-refractivity contribution in [2.75, 3.05) is 0 Å². The summed E-state index contributed by atoms with van der Waals surface area (Å²) in [5.41, 5.74) is 0.555. The van der Waals surface area contributed by atoms with Gasteiger partial charge in [0.25, 0.3) is 0 Å². The molecule has 0 aliphatic heterocycles. The van der Waals surface area contributed by atoms with Gasteiger partial charge in [-0.15, -0.1) is 0 Å². The zero-order valence-electron chi connectivity index (χ0n) is 9.06. The van der Waals surface area contributed by atoms with E-state index in [1.165, 1.54) is 0 Å². The highest BCUT2D eigenvalue weighted by atomic mass is 16.2. The second-order valence-corrected chi connectivity index (χ2v) is 3.99. The van der Waals surface area contributed by atoms with Crippen LogP contribution in [0.2, 0.25) is 0 Å². The second kappa shape index (κ2) is 4.88. The Hall–Kier alpha value is -1.70. The molecule has 2 heteroatoms. The van der Waals surface area contributed by atoms with Gasteiger partial charge in [0.15, 0.2) is 0 Å². The summed E-state index contributed by atoms with van der Waals surface area (Å²) in [4.78, 5) is 23.8. The first-order valence-corrected chi connectivity index (χ1v) is 5.57. The van der Waals surface area contributed by atoms with E-state index in [4.69, 9.17) is 0 Å². The molecule has 2 rings (SSSR count). The van der Waals surface area contributed by atoms with Crippen LogP contribution >= 0.6 is 0 Å². The van der Waals surface area contributed by atoms with E-state index >= 15 is 0 Å². The van der Waals surface area contributed by atoms with E-state index in [1.807, 2.05) is 30.4 Å². The lowest BCUT2D eigenvalue weighted by atomic mass is 9.90. The number of hydrogen-bond acceptors (Lipinski definition) is 2. The van der Waals surface area contributed by atoms with Crippen molar-refractivity contribution in [3.05, 3.63) is 48.1 Å². The van der Waals surface area contributed by atoms with Gasteiger partial charge in [-0.3, -0.25) is 9.59 Å². The smallest absolute Gasteiger partial charge is 0.228 e.